The van der Waals surface area contributed by atoms with Crippen LogP contribution in [0.2, 0.25) is 0 Å². The molecule has 5 nitrogen and oxygen atoms in total. The molecule has 0 unspecified atom stereocenters. The van der Waals surface area contributed by atoms with Crippen LogP contribution in [0.3, 0.4) is 0 Å². The van der Waals surface area contributed by atoms with Crippen molar-refractivity contribution >= 4 is 10.0 Å². The molecule has 0 aromatic heterocycles. The van der Waals surface area contributed by atoms with Gasteiger partial charge in [0, 0.05) is 6.54 Å². The second-order valence-corrected chi connectivity index (χ2v) is 6.37. The molecule has 0 fully saturated rings. The third-order valence-electron chi connectivity index (χ3n) is 2.82. The molecule has 0 saturated heterocycles. The molecule has 0 amide bonds. The van der Waals surface area contributed by atoms with Crippen molar-refractivity contribution in [2.45, 2.75) is 19.8 Å². The second kappa shape index (κ2) is 6.25. The van der Waals surface area contributed by atoms with Gasteiger partial charge >= 0.3 is 0 Å². The van der Waals surface area contributed by atoms with E-state index in [1.807, 2.05) is 25.1 Å². The normalized spacial score (nSPS) is 14.4. The standard InChI is InChI=1S/C13H19NO4S/c1-2-9-19(15,16)14-6-5-11-3-4-12-13(10-11)18-8-7-17-12/h3-4,10,14H,2,5-9H2,1H3. The Morgan fingerprint density at radius 1 is 1.21 bits per heavy atom. The molecular weight excluding hydrogens is 266 g/mol. The topological polar surface area (TPSA) is 64.6 Å². The number of hydrogen-bond acceptors (Lipinski definition) is 4. The van der Waals surface area contributed by atoms with E-state index in [9.17, 15) is 8.42 Å². The van der Waals surface area contributed by atoms with Crippen molar-refractivity contribution in [3.05, 3.63) is 23.8 Å². The molecule has 106 valence electrons. The average molecular weight is 285 g/mol. The van der Waals surface area contributed by atoms with Gasteiger partial charge in [0.1, 0.15) is 13.2 Å². The summed E-state index contributed by atoms with van der Waals surface area (Å²) in [5.41, 5.74) is 1.03. The lowest BCUT2D eigenvalue weighted by Gasteiger charge is -2.18. The lowest BCUT2D eigenvalue weighted by Crippen LogP contribution is -2.28. The molecule has 0 bridgehead atoms. The van der Waals surface area contributed by atoms with Crippen LogP contribution in [-0.4, -0.2) is 33.9 Å². The Balaban J connectivity index is 1.90. The summed E-state index contributed by atoms with van der Waals surface area (Å²) < 4.78 is 36.5. The average Bonchev–Trinajstić information content (AvgIpc) is 2.38. The molecule has 2 rings (SSSR count). The minimum absolute atomic E-state index is 0.175. The van der Waals surface area contributed by atoms with Gasteiger partial charge in [-0.25, -0.2) is 13.1 Å². The summed E-state index contributed by atoms with van der Waals surface area (Å²) in [6, 6.07) is 5.70. The van der Waals surface area contributed by atoms with Gasteiger partial charge in [-0.05, 0) is 30.5 Å². The van der Waals surface area contributed by atoms with E-state index >= 15 is 0 Å². The first-order valence-electron chi connectivity index (χ1n) is 6.46. The number of nitrogens with one attached hydrogen (secondary N) is 1. The molecule has 1 aliphatic rings. The molecule has 0 radical (unpaired) electrons. The highest BCUT2D eigenvalue weighted by Crippen LogP contribution is 2.30. The molecule has 1 heterocycles. The van der Waals surface area contributed by atoms with Gasteiger partial charge < -0.3 is 9.47 Å². The number of sulfonamides is 1. The van der Waals surface area contributed by atoms with Crippen LogP contribution in [0.15, 0.2) is 18.2 Å². The maximum atomic E-state index is 11.5. The van der Waals surface area contributed by atoms with Crippen LogP contribution in [0, 0.1) is 0 Å². The Hall–Kier alpha value is -1.27. The van der Waals surface area contributed by atoms with Crippen LogP contribution < -0.4 is 14.2 Å². The molecule has 1 N–H and O–H groups in total. The van der Waals surface area contributed by atoms with Crippen LogP contribution in [0.25, 0.3) is 0 Å². The van der Waals surface area contributed by atoms with Crippen LogP contribution in [-0.2, 0) is 16.4 Å². The molecule has 1 aliphatic heterocycles. The summed E-state index contributed by atoms with van der Waals surface area (Å²) in [5.74, 6) is 1.66. The third kappa shape index (κ3) is 4.11. The van der Waals surface area contributed by atoms with Gasteiger partial charge in [-0.15, -0.1) is 0 Å². The van der Waals surface area contributed by atoms with Crippen LogP contribution in [0.5, 0.6) is 11.5 Å². The number of benzene rings is 1. The maximum Gasteiger partial charge on any atom is 0.211 e. The number of hydrogen-bond donors (Lipinski definition) is 1. The van der Waals surface area contributed by atoms with Gasteiger partial charge in [0.2, 0.25) is 10.0 Å². The summed E-state index contributed by atoms with van der Waals surface area (Å²) in [5, 5.41) is 0. The predicted molar refractivity (Wildman–Crippen MR) is 73.2 cm³/mol. The van der Waals surface area contributed by atoms with Crippen molar-refractivity contribution < 1.29 is 17.9 Å². The van der Waals surface area contributed by atoms with E-state index in [2.05, 4.69) is 4.72 Å². The smallest absolute Gasteiger partial charge is 0.211 e. The predicted octanol–water partition coefficient (Wildman–Crippen LogP) is 1.33. The lowest BCUT2D eigenvalue weighted by molar-refractivity contribution is 0.171. The number of ether oxygens (including phenoxy) is 2. The largest absolute Gasteiger partial charge is 0.486 e. The van der Waals surface area contributed by atoms with Gasteiger partial charge in [0.15, 0.2) is 11.5 Å². The van der Waals surface area contributed by atoms with E-state index < -0.39 is 10.0 Å². The van der Waals surface area contributed by atoms with Crippen molar-refractivity contribution in [3.8, 4) is 11.5 Å². The fourth-order valence-electron chi connectivity index (χ4n) is 1.94. The molecule has 0 aliphatic carbocycles. The first-order chi connectivity index (χ1) is 9.11. The number of fused-ring (bicyclic) bond motifs is 1. The molecule has 1 aromatic rings. The zero-order valence-electron chi connectivity index (χ0n) is 11.0. The Morgan fingerprint density at radius 3 is 2.68 bits per heavy atom. The minimum Gasteiger partial charge on any atom is -0.486 e. The highest BCUT2D eigenvalue weighted by molar-refractivity contribution is 7.89. The van der Waals surface area contributed by atoms with Crippen LogP contribution in [0.1, 0.15) is 18.9 Å². The maximum absolute atomic E-state index is 11.5. The Labute approximate surface area is 114 Å². The van der Waals surface area contributed by atoms with E-state index in [0.717, 1.165) is 17.1 Å². The van der Waals surface area contributed by atoms with E-state index in [0.29, 0.717) is 32.6 Å². The second-order valence-electron chi connectivity index (χ2n) is 4.44. The van der Waals surface area contributed by atoms with Gasteiger partial charge in [-0.2, -0.15) is 0 Å². The van der Waals surface area contributed by atoms with Gasteiger partial charge in [-0.1, -0.05) is 13.0 Å². The monoisotopic (exact) mass is 285 g/mol. The van der Waals surface area contributed by atoms with Gasteiger partial charge in [0.25, 0.3) is 0 Å². The van der Waals surface area contributed by atoms with E-state index in [1.54, 1.807) is 0 Å². The summed E-state index contributed by atoms with van der Waals surface area (Å²) in [6.07, 6.45) is 1.26. The zero-order chi connectivity index (χ0) is 13.7. The van der Waals surface area contributed by atoms with E-state index in [4.69, 9.17) is 9.47 Å². The summed E-state index contributed by atoms with van der Waals surface area (Å²) in [6.45, 7) is 3.38. The van der Waals surface area contributed by atoms with Crippen molar-refractivity contribution in [3.63, 3.8) is 0 Å². The fourth-order valence-corrected chi connectivity index (χ4v) is 3.03. The van der Waals surface area contributed by atoms with Crippen molar-refractivity contribution in [2.24, 2.45) is 0 Å². The van der Waals surface area contributed by atoms with Gasteiger partial charge in [0.05, 0.1) is 5.75 Å². The van der Waals surface area contributed by atoms with Crippen LogP contribution >= 0.6 is 0 Å². The Morgan fingerprint density at radius 2 is 1.95 bits per heavy atom. The van der Waals surface area contributed by atoms with Crippen molar-refractivity contribution in [1.82, 2.24) is 4.72 Å². The Kier molecular flexibility index (Phi) is 4.66. The Bertz CT molecular complexity index is 527. The lowest BCUT2D eigenvalue weighted by atomic mass is 10.1. The van der Waals surface area contributed by atoms with E-state index in [-0.39, 0.29) is 5.75 Å². The quantitative estimate of drug-likeness (QED) is 0.856. The first-order valence-corrected chi connectivity index (χ1v) is 8.12. The SMILES string of the molecule is CCCS(=O)(=O)NCCc1ccc2c(c1)OCCO2. The first kappa shape index (κ1) is 14.1. The third-order valence-corrected chi connectivity index (χ3v) is 4.40. The molecule has 0 spiro atoms. The van der Waals surface area contributed by atoms with Crippen molar-refractivity contribution in [2.75, 3.05) is 25.5 Å². The molecular formula is C13H19NO4S. The number of rotatable bonds is 6. The van der Waals surface area contributed by atoms with E-state index in [1.165, 1.54) is 0 Å². The molecule has 0 saturated carbocycles. The zero-order valence-corrected chi connectivity index (χ0v) is 11.8. The van der Waals surface area contributed by atoms with Crippen LogP contribution in [0.4, 0.5) is 0 Å². The highest BCUT2D eigenvalue weighted by Gasteiger charge is 2.12. The fraction of sp³-hybridized carbons (Fsp3) is 0.538. The minimum atomic E-state index is -3.13. The summed E-state index contributed by atoms with van der Waals surface area (Å²) >= 11 is 0. The molecule has 19 heavy (non-hydrogen) atoms. The van der Waals surface area contributed by atoms with Crippen molar-refractivity contribution in [1.29, 1.82) is 0 Å². The molecule has 0 atom stereocenters. The summed E-state index contributed by atoms with van der Waals surface area (Å²) in [7, 11) is -3.13. The highest BCUT2D eigenvalue weighted by atomic mass is 32.2. The molecule has 6 heteroatoms. The summed E-state index contributed by atoms with van der Waals surface area (Å²) in [4.78, 5) is 0. The molecule has 1 aromatic carbocycles. The van der Waals surface area contributed by atoms with Gasteiger partial charge in [-0.3, -0.25) is 0 Å².